The van der Waals surface area contributed by atoms with E-state index in [9.17, 15) is 18.8 Å². The number of imide groups is 2. The Morgan fingerprint density at radius 2 is 1.62 bits per heavy atom. The molecule has 0 bridgehead atoms. The first-order chi connectivity index (χ1) is 15.2. The maximum absolute atomic E-state index is 13.7. The molecule has 0 saturated carbocycles. The van der Waals surface area contributed by atoms with Gasteiger partial charge in [0.25, 0.3) is 11.8 Å². The number of amides is 4. The van der Waals surface area contributed by atoms with E-state index < -0.39 is 23.7 Å². The van der Waals surface area contributed by atoms with Gasteiger partial charge < -0.3 is 4.57 Å². The van der Waals surface area contributed by atoms with Crippen LogP contribution in [0.25, 0.3) is 11.8 Å². The molecule has 1 fully saturated rings. The Morgan fingerprint density at radius 3 is 2.31 bits per heavy atom. The highest BCUT2D eigenvalue weighted by atomic mass is 19.1. The van der Waals surface area contributed by atoms with Gasteiger partial charge in [-0.25, -0.2) is 14.1 Å². The largest absolute Gasteiger partial charge is 0.335 e. The summed E-state index contributed by atoms with van der Waals surface area (Å²) in [7, 11) is 0. The van der Waals surface area contributed by atoms with Crippen molar-refractivity contribution in [3.05, 3.63) is 88.0 Å². The van der Waals surface area contributed by atoms with Crippen molar-refractivity contribution in [1.29, 1.82) is 0 Å². The van der Waals surface area contributed by atoms with Gasteiger partial charge >= 0.3 is 6.03 Å². The van der Waals surface area contributed by atoms with Gasteiger partial charge in [0.2, 0.25) is 0 Å². The third kappa shape index (κ3) is 3.62. The van der Waals surface area contributed by atoms with Crippen LogP contribution in [0.1, 0.15) is 28.1 Å². The average Bonchev–Trinajstić information content (AvgIpc) is 3.00. The molecule has 1 saturated heterocycles. The first-order valence-electron chi connectivity index (χ1n) is 10.1. The van der Waals surface area contributed by atoms with Crippen LogP contribution in [0.3, 0.4) is 0 Å². The number of nitrogens with one attached hydrogen (secondary N) is 1. The Hall–Kier alpha value is -4.00. The molecule has 4 amide bonds. The van der Waals surface area contributed by atoms with E-state index in [2.05, 4.69) is 11.4 Å². The topological polar surface area (TPSA) is 71.4 Å². The molecular formula is C25H22FN3O3. The summed E-state index contributed by atoms with van der Waals surface area (Å²) in [6.45, 7) is 7.92. The van der Waals surface area contributed by atoms with Crippen molar-refractivity contribution in [2.75, 3.05) is 4.90 Å². The second-order valence-electron chi connectivity index (χ2n) is 7.87. The van der Waals surface area contributed by atoms with Crippen molar-refractivity contribution in [3.8, 4) is 5.69 Å². The van der Waals surface area contributed by atoms with E-state index in [1.807, 2.05) is 50.5 Å². The van der Waals surface area contributed by atoms with Crippen LogP contribution in [0.5, 0.6) is 0 Å². The van der Waals surface area contributed by atoms with Crippen LogP contribution in [0.15, 0.2) is 54.1 Å². The molecule has 4 rings (SSSR count). The zero-order valence-corrected chi connectivity index (χ0v) is 18.2. The van der Waals surface area contributed by atoms with Crippen molar-refractivity contribution in [2.45, 2.75) is 27.7 Å². The Balaban J connectivity index is 1.77. The van der Waals surface area contributed by atoms with Gasteiger partial charge in [-0.15, -0.1) is 0 Å². The fraction of sp³-hybridized carbons (Fsp3) is 0.160. The van der Waals surface area contributed by atoms with Crippen molar-refractivity contribution in [2.24, 2.45) is 0 Å². The second-order valence-corrected chi connectivity index (χ2v) is 7.87. The molecule has 2 aromatic carbocycles. The van der Waals surface area contributed by atoms with E-state index in [1.165, 1.54) is 29.8 Å². The van der Waals surface area contributed by atoms with E-state index in [0.717, 1.165) is 33.6 Å². The number of aryl methyl sites for hydroxylation is 3. The van der Waals surface area contributed by atoms with Gasteiger partial charge in [-0.2, -0.15) is 0 Å². The molecule has 0 atom stereocenters. The van der Waals surface area contributed by atoms with Crippen LogP contribution in [0.2, 0.25) is 0 Å². The monoisotopic (exact) mass is 431 g/mol. The van der Waals surface area contributed by atoms with Crippen molar-refractivity contribution in [1.82, 2.24) is 9.88 Å². The average molecular weight is 431 g/mol. The number of barbiturate groups is 1. The molecule has 0 aliphatic carbocycles. The Labute approximate surface area is 185 Å². The molecule has 7 heteroatoms. The lowest BCUT2D eigenvalue weighted by Crippen LogP contribution is -2.54. The van der Waals surface area contributed by atoms with Crippen LogP contribution >= 0.6 is 0 Å². The van der Waals surface area contributed by atoms with Crippen molar-refractivity contribution in [3.63, 3.8) is 0 Å². The van der Waals surface area contributed by atoms with Gasteiger partial charge in [0.05, 0.1) is 5.69 Å². The predicted molar refractivity (Wildman–Crippen MR) is 120 cm³/mol. The summed E-state index contributed by atoms with van der Waals surface area (Å²) in [5.74, 6) is -2.19. The van der Waals surface area contributed by atoms with Crippen LogP contribution < -0.4 is 10.2 Å². The number of anilines is 1. The molecule has 1 aliphatic rings. The molecule has 32 heavy (non-hydrogen) atoms. The summed E-state index contributed by atoms with van der Waals surface area (Å²) in [4.78, 5) is 38.6. The quantitative estimate of drug-likeness (QED) is 0.490. The van der Waals surface area contributed by atoms with Gasteiger partial charge in [-0.05, 0) is 86.9 Å². The molecule has 2 heterocycles. The number of carbonyl (C=O) groups is 3. The van der Waals surface area contributed by atoms with E-state index in [4.69, 9.17) is 0 Å². The molecule has 0 spiro atoms. The fourth-order valence-electron chi connectivity index (χ4n) is 3.86. The highest BCUT2D eigenvalue weighted by molar-refractivity contribution is 6.39. The molecular weight excluding hydrogens is 409 g/mol. The normalized spacial score (nSPS) is 15.5. The summed E-state index contributed by atoms with van der Waals surface area (Å²) in [5.41, 5.74) is 5.61. The maximum Gasteiger partial charge on any atom is 0.335 e. The number of hydrogen-bond acceptors (Lipinski definition) is 3. The highest BCUT2D eigenvalue weighted by Crippen LogP contribution is 2.27. The lowest BCUT2D eigenvalue weighted by atomic mass is 10.1. The lowest BCUT2D eigenvalue weighted by Gasteiger charge is -2.26. The number of urea groups is 1. The lowest BCUT2D eigenvalue weighted by molar-refractivity contribution is -0.122. The molecule has 0 radical (unpaired) electrons. The number of aromatic nitrogens is 1. The zero-order chi connectivity index (χ0) is 23.2. The Bertz CT molecular complexity index is 1320. The van der Waals surface area contributed by atoms with Gasteiger partial charge in [0.1, 0.15) is 11.4 Å². The van der Waals surface area contributed by atoms with Crippen LogP contribution in [0.4, 0.5) is 14.9 Å². The standard InChI is InChI=1S/C25H22FN3O3/c1-14-8-9-21(10-15(14)2)28-16(3)11-18(17(28)4)12-22-23(30)27-25(32)29(24(22)31)20-7-5-6-19(26)13-20/h5-13H,1-4H3,(H,27,30,32)/b22-12+. The van der Waals surface area contributed by atoms with Gasteiger partial charge in [0.15, 0.2) is 0 Å². The highest BCUT2D eigenvalue weighted by Gasteiger charge is 2.37. The van der Waals surface area contributed by atoms with E-state index in [0.29, 0.717) is 5.56 Å². The molecule has 162 valence electrons. The molecule has 3 aromatic rings. The summed E-state index contributed by atoms with van der Waals surface area (Å²) < 4.78 is 15.7. The number of benzene rings is 2. The summed E-state index contributed by atoms with van der Waals surface area (Å²) in [6, 6.07) is 12.2. The first kappa shape index (κ1) is 21.2. The SMILES string of the molecule is Cc1ccc(-n2c(C)cc(/C=C3\C(=O)NC(=O)N(c4cccc(F)c4)C3=O)c2C)cc1C. The van der Waals surface area contributed by atoms with Crippen LogP contribution in [0, 0.1) is 33.5 Å². The predicted octanol–water partition coefficient (Wildman–Crippen LogP) is 4.52. The number of halogens is 1. The maximum atomic E-state index is 13.7. The summed E-state index contributed by atoms with van der Waals surface area (Å²) in [5, 5.41) is 2.16. The second kappa shape index (κ2) is 7.92. The molecule has 1 aromatic heterocycles. The van der Waals surface area contributed by atoms with Gasteiger partial charge in [-0.3, -0.25) is 14.9 Å². The summed E-state index contributed by atoms with van der Waals surface area (Å²) in [6.07, 6.45) is 1.47. The van der Waals surface area contributed by atoms with E-state index in [1.54, 1.807) is 0 Å². The third-order valence-electron chi connectivity index (χ3n) is 5.69. The minimum Gasteiger partial charge on any atom is -0.318 e. The van der Waals surface area contributed by atoms with Crippen molar-refractivity contribution < 1.29 is 18.8 Å². The minimum atomic E-state index is -0.914. The number of hydrogen-bond donors (Lipinski definition) is 1. The molecule has 6 nitrogen and oxygen atoms in total. The van der Waals surface area contributed by atoms with E-state index >= 15 is 0 Å². The Morgan fingerprint density at radius 1 is 0.875 bits per heavy atom. The van der Waals surface area contributed by atoms with Crippen molar-refractivity contribution >= 4 is 29.6 Å². The zero-order valence-electron chi connectivity index (χ0n) is 18.2. The van der Waals surface area contributed by atoms with Crippen LogP contribution in [-0.4, -0.2) is 22.4 Å². The Kier molecular flexibility index (Phi) is 5.26. The summed E-state index contributed by atoms with van der Waals surface area (Å²) >= 11 is 0. The number of nitrogens with zero attached hydrogens (tertiary/aromatic N) is 2. The molecule has 0 unspecified atom stereocenters. The van der Waals surface area contributed by atoms with E-state index in [-0.39, 0.29) is 11.3 Å². The fourth-order valence-corrected chi connectivity index (χ4v) is 3.86. The molecule has 1 aliphatic heterocycles. The number of carbonyl (C=O) groups excluding carboxylic acids is 3. The number of rotatable bonds is 3. The van der Waals surface area contributed by atoms with Crippen LogP contribution in [-0.2, 0) is 9.59 Å². The first-order valence-corrected chi connectivity index (χ1v) is 10.1. The van der Waals surface area contributed by atoms with Gasteiger partial charge in [0, 0.05) is 17.1 Å². The third-order valence-corrected chi connectivity index (χ3v) is 5.69. The smallest absolute Gasteiger partial charge is 0.318 e. The minimum absolute atomic E-state index is 0.0477. The molecule has 1 N–H and O–H groups in total. The van der Waals surface area contributed by atoms with Gasteiger partial charge in [-0.1, -0.05) is 12.1 Å².